The second kappa shape index (κ2) is 7.26. The van der Waals surface area contributed by atoms with E-state index in [-0.39, 0.29) is 6.04 Å². The van der Waals surface area contributed by atoms with Crippen molar-refractivity contribution in [2.75, 3.05) is 26.2 Å². The van der Waals surface area contributed by atoms with Gasteiger partial charge in [0.25, 0.3) is 0 Å². The molecule has 1 aliphatic heterocycles. The zero-order valence-corrected chi connectivity index (χ0v) is 13.9. The Morgan fingerprint density at radius 3 is 2.48 bits per heavy atom. The van der Waals surface area contributed by atoms with Crippen molar-refractivity contribution in [3.8, 4) is 6.07 Å². The molecule has 1 unspecified atom stereocenters. The first-order chi connectivity index (χ1) is 10.1. The van der Waals surface area contributed by atoms with Crippen LogP contribution >= 0.6 is 11.6 Å². The fourth-order valence-corrected chi connectivity index (χ4v) is 3.10. The Kier molecular flexibility index (Phi) is 5.63. The summed E-state index contributed by atoms with van der Waals surface area (Å²) in [6, 6.07) is 2.31. The molecule has 0 aromatic carbocycles. The van der Waals surface area contributed by atoms with Crippen molar-refractivity contribution in [2.24, 2.45) is 0 Å². The third kappa shape index (κ3) is 3.57. The Morgan fingerprint density at radius 1 is 1.29 bits per heavy atom. The van der Waals surface area contributed by atoms with E-state index in [0.29, 0.717) is 0 Å². The van der Waals surface area contributed by atoms with Crippen LogP contribution in [0.5, 0.6) is 0 Å². The molecule has 5 nitrogen and oxygen atoms in total. The molecular weight excluding hydrogens is 286 g/mol. The van der Waals surface area contributed by atoms with E-state index in [4.69, 9.17) is 16.9 Å². The van der Waals surface area contributed by atoms with Crippen LogP contribution in [0.25, 0.3) is 0 Å². The van der Waals surface area contributed by atoms with Gasteiger partial charge >= 0.3 is 0 Å². The number of hydrogen-bond donors (Lipinski definition) is 0. The summed E-state index contributed by atoms with van der Waals surface area (Å²) in [5.74, 6) is 0. The molecule has 6 heteroatoms. The number of aromatic nitrogens is 2. The van der Waals surface area contributed by atoms with Crippen molar-refractivity contribution in [1.82, 2.24) is 19.6 Å². The average Bonchev–Trinajstić information content (AvgIpc) is 2.83. The predicted octanol–water partition coefficient (Wildman–Crippen LogP) is 2.15. The topological polar surface area (TPSA) is 48.1 Å². The molecule has 1 aromatic rings. The van der Waals surface area contributed by atoms with Gasteiger partial charge in [0, 0.05) is 39.3 Å². The fourth-order valence-electron chi connectivity index (χ4n) is 2.77. The Bertz CT molecular complexity index is 511. The van der Waals surface area contributed by atoms with E-state index in [1.165, 1.54) is 0 Å². The van der Waals surface area contributed by atoms with Gasteiger partial charge in [-0.25, -0.2) is 0 Å². The first-order valence-electron chi connectivity index (χ1n) is 7.70. The van der Waals surface area contributed by atoms with Gasteiger partial charge in [0.1, 0.15) is 0 Å². The van der Waals surface area contributed by atoms with Crippen molar-refractivity contribution in [1.29, 1.82) is 5.26 Å². The summed E-state index contributed by atoms with van der Waals surface area (Å²) in [6.07, 6.45) is 0.867. The van der Waals surface area contributed by atoms with Gasteiger partial charge in [-0.2, -0.15) is 10.4 Å². The van der Waals surface area contributed by atoms with Crippen molar-refractivity contribution in [3.05, 3.63) is 16.4 Å². The Hall–Kier alpha value is -1.09. The summed E-state index contributed by atoms with van der Waals surface area (Å²) < 4.78 is 2.02. The van der Waals surface area contributed by atoms with Gasteiger partial charge in [-0.15, -0.1) is 0 Å². The van der Waals surface area contributed by atoms with Gasteiger partial charge in [0.05, 0.1) is 28.5 Å². The van der Waals surface area contributed by atoms with Crippen molar-refractivity contribution in [3.63, 3.8) is 0 Å². The molecule has 1 atom stereocenters. The lowest BCUT2D eigenvalue weighted by atomic mass is 10.2. The largest absolute Gasteiger partial charge is 0.295 e. The number of aryl methyl sites for hydroxylation is 2. The van der Waals surface area contributed by atoms with E-state index >= 15 is 0 Å². The number of rotatable bonds is 5. The first-order valence-corrected chi connectivity index (χ1v) is 8.08. The smallest absolute Gasteiger partial charge is 0.0950 e. The van der Waals surface area contributed by atoms with E-state index in [1.807, 2.05) is 11.6 Å². The molecule has 2 heterocycles. The van der Waals surface area contributed by atoms with E-state index in [0.717, 1.165) is 62.1 Å². The minimum Gasteiger partial charge on any atom is -0.295 e. The van der Waals surface area contributed by atoms with Gasteiger partial charge in [0.15, 0.2) is 0 Å². The second-order valence-electron chi connectivity index (χ2n) is 5.49. The highest BCUT2D eigenvalue weighted by atomic mass is 35.5. The van der Waals surface area contributed by atoms with Crippen LogP contribution in [0.2, 0.25) is 5.02 Å². The van der Waals surface area contributed by atoms with Gasteiger partial charge < -0.3 is 0 Å². The lowest BCUT2D eigenvalue weighted by Gasteiger charge is -2.35. The SMILES string of the molecule is CCc1nn(CC)c(CN2CCN(C(C)C#N)CC2)c1Cl. The summed E-state index contributed by atoms with van der Waals surface area (Å²) in [5, 5.41) is 14.4. The van der Waals surface area contributed by atoms with Gasteiger partial charge in [-0.3, -0.25) is 14.5 Å². The summed E-state index contributed by atoms with van der Waals surface area (Å²) in [6.45, 7) is 11.7. The highest BCUT2D eigenvalue weighted by molar-refractivity contribution is 6.31. The number of hydrogen-bond acceptors (Lipinski definition) is 4. The van der Waals surface area contributed by atoms with E-state index < -0.39 is 0 Å². The predicted molar refractivity (Wildman–Crippen MR) is 84.2 cm³/mol. The van der Waals surface area contributed by atoms with Crippen LogP contribution in [0.3, 0.4) is 0 Å². The molecule has 0 saturated carbocycles. The Labute approximate surface area is 132 Å². The number of nitrogens with zero attached hydrogens (tertiary/aromatic N) is 5. The molecule has 1 saturated heterocycles. The minimum absolute atomic E-state index is 0.00333. The molecule has 1 aliphatic rings. The molecular formula is C15H24ClN5. The van der Waals surface area contributed by atoms with Crippen LogP contribution in [0.1, 0.15) is 32.2 Å². The van der Waals surface area contributed by atoms with Crippen LogP contribution < -0.4 is 0 Å². The minimum atomic E-state index is 0.00333. The maximum absolute atomic E-state index is 8.99. The summed E-state index contributed by atoms with van der Waals surface area (Å²) in [4.78, 5) is 4.63. The highest BCUT2D eigenvalue weighted by Gasteiger charge is 2.23. The quantitative estimate of drug-likeness (QED) is 0.836. The zero-order chi connectivity index (χ0) is 15.4. The first kappa shape index (κ1) is 16.3. The molecule has 0 bridgehead atoms. The van der Waals surface area contributed by atoms with E-state index in [1.54, 1.807) is 0 Å². The van der Waals surface area contributed by atoms with Gasteiger partial charge in [0.2, 0.25) is 0 Å². The third-order valence-corrected chi connectivity index (χ3v) is 4.65. The number of nitriles is 1. The Balaban J connectivity index is 2.01. The Morgan fingerprint density at radius 2 is 1.95 bits per heavy atom. The van der Waals surface area contributed by atoms with Crippen LogP contribution in [-0.4, -0.2) is 51.8 Å². The van der Waals surface area contributed by atoms with E-state index in [2.05, 4.69) is 34.8 Å². The summed E-state index contributed by atoms with van der Waals surface area (Å²) in [5.41, 5.74) is 2.11. The molecule has 0 spiro atoms. The lowest BCUT2D eigenvalue weighted by Crippen LogP contribution is -2.48. The molecule has 0 radical (unpaired) electrons. The summed E-state index contributed by atoms with van der Waals surface area (Å²) in [7, 11) is 0. The molecule has 1 fully saturated rings. The van der Waals surface area contributed by atoms with E-state index in [9.17, 15) is 0 Å². The highest BCUT2D eigenvalue weighted by Crippen LogP contribution is 2.23. The van der Waals surface area contributed by atoms with Crippen LogP contribution in [0.15, 0.2) is 0 Å². The van der Waals surface area contributed by atoms with Crippen molar-refractivity contribution in [2.45, 2.75) is 46.3 Å². The van der Waals surface area contributed by atoms with Crippen LogP contribution in [0, 0.1) is 11.3 Å². The molecule has 1 aromatic heterocycles. The molecule has 2 rings (SSSR count). The van der Waals surface area contributed by atoms with Gasteiger partial charge in [-0.05, 0) is 20.3 Å². The standard InChI is InChI=1S/C15H24ClN5/c1-4-13-15(16)14(21(5-2)18-13)11-19-6-8-20(9-7-19)12(3)10-17/h12H,4-9,11H2,1-3H3. The summed E-state index contributed by atoms with van der Waals surface area (Å²) >= 11 is 6.47. The van der Waals surface area contributed by atoms with Crippen LogP contribution in [-0.2, 0) is 19.5 Å². The van der Waals surface area contributed by atoms with Gasteiger partial charge in [-0.1, -0.05) is 18.5 Å². The third-order valence-electron chi connectivity index (χ3n) is 4.21. The lowest BCUT2D eigenvalue weighted by molar-refractivity contribution is 0.112. The van der Waals surface area contributed by atoms with Crippen molar-refractivity contribution < 1.29 is 0 Å². The molecule has 21 heavy (non-hydrogen) atoms. The van der Waals surface area contributed by atoms with Crippen molar-refractivity contribution >= 4 is 11.6 Å². The van der Waals surface area contributed by atoms with Crippen LogP contribution in [0.4, 0.5) is 0 Å². The molecule has 0 N–H and O–H groups in total. The second-order valence-corrected chi connectivity index (χ2v) is 5.87. The maximum atomic E-state index is 8.99. The molecule has 0 aliphatic carbocycles. The number of halogens is 1. The molecule has 116 valence electrons. The maximum Gasteiger partial charge on any atom is 0.0950 e. The molecule has 0 amide bonds. The average molecular weight is 310 g/mol. The zero-order valence-electron chi connectivity index (χ0n) is 13.1. The monoisotopic (exact) mass is 309 g/mol. The number of piperazine rings is 1. The normalized spacial score (nSPS) is 18.6. The fraction of sp³-hybridized carbons (Fsp3) is 0.733.